The van der Waals surface area contributed by atoms with E-state index in [-0.39, 0.29) is 17.2 Å². The van der Waals surface area contributed by atoms with Gasteiger partial charge in [0, 0.05) is 11.3 Å². The van der Waals surface area contributed by atoms with Gasteiger partial charge in [-0.2, -0.15) is 0 Å². The van der Waals surface area contributed by atoms with E-state index in [2.05, 4.69) is 10.6 Å². The number of carbonyl (C=O) groups is 2. The maximum Gasteiger partial charge on any atom is 0.265 e. The summed E-state index contributed by atoms with van der Waals surface area (Å²) < 4.78 is 26.8. The summed E-state index contributed by atoms with van der Waals surface area (Å²) in [5.41, 5.74) is 0.372. The Hall–Kier alpha value is -3.06. The zero-order chi connectivity index (χ0) is 17.8. The molecule has 25 heavy (non-hydrogen) atoms. The molecule has 4 nitrogen and oxygen atoms in total. The number of anilines is 2. The van der Waals surface area contributed by atoms with Crippen molar-refractivity contribution in [2.45, 2.75) is 0 Å². The van der Waals surface area contributed by atoms with Crippen molar-refractivity contribution in [1.29, 1.82) is 0 Å². The van der Waals surface area contributed by atoms with E-state index in [9.17, 15) is 18.4 Å². The molecule has 0 spiro atoms. The number of hydrogen-bond acceptors (Lipinski definition) is 3. The molecule has 0 aliphatic rings. The minimum atomic E-state index is -1.13. The molecule has 0 aliphatic heterocycles. The second kappa shape index (κ2) is 7.23. The van der Waals surface area contributed by atoms with Crippen molar-refractivity contribution in [1.82, 2.24) is 0 Å². The highest BCUT2D eigenvalue weighted by molar-refractivity contribution is 7.12. The molecule has 0 atom stereocenters. The second-order valence-electron chi connectivity index (χ2n) is 5.07. The van der Waals surface area contributed by atoms with Crippen molar-refractivity contribution in [3.05, 3.63) is 82.1 Å². The van der Waals surface area contributed by atoms with Gasteiger partial charge < -0.3 is 10.6 Å². The van der Waals surface area contributed by atoms with Gasteiger partial charge in [0.05, 0.1) is 10.6 Å². The van der Waals surface area contributed by atoms with E-state index in [0.717, 1.165) is 6.07 Å². The number of halogens is 2. The standard InChI is InChI=1S/C18H12F2N2O2S/c19-13-6-2-7-14(16(13)20)22-17(23)11-4-1-5-12(10-11)21-18(24)15-8-3-9-25-15/h1-10H,(H,21,24)(H,22,23). The summed E-state index contributed by atoms with van der Waals surface area (Å²) in [6, 6.07) is 13.1. The van der Waals surface area contributed by atoms with Gasteiger partial charge in [0.1, 0.15) is 0 Å². The van der Waals surface area contributed by atoms with Crippen LogP contribution in [0.15, 0.2) is 60.0 Å². The highest BCUT2D eigenvalue weighted by Gasteiger charge is 2.13. The molecule has 7 heteroatoms. The lowest BCUT2D eigenvalue weighted by molar-refractivity contribution is 0.101. The van der Waals surface area contributed by atoms with Gasteiger partial charge in [0.2, 0.25) is 0 Å². The van der Waals surface area contributed by atoms with Gasteiger partial charge in [-0.15, -0.1) is 11.3 Å². The number of amides is 2. The summed E-state index contributed by atoms with van der Waals surface area (Å²) in [5.74, 6) is -3.08. The first-order valence-electron chi connectivity index (χ1n) is 7.25. The van der Waals surface area contributed by atoms with Crippen molar-refractivity contribution in [3.8, 4) is 0 Å². The third-order valence-corrected chi connectivity index (χ3v) is 4.20. The van der Waals surface area contributed by atoms with Gasteiger partial charge in [0.15, 0.2) is 11.6 Å². The van der Waals surface area contributed by atoms with Crippen LogP contribution in [0.2, 0.25) is 0 Å². The first kappa shape index (κ1) is 16.8. The van der Waals surface area contributed by atoms with Gasteiger partial charge in [0.25, 0.3) is 11.8 Å². The van der Waals surface area contributed by atoms with E-state index in [1.807, 2.05) is 0 Å². The van der Waals surface area contributed by atoms with Gasteiger partial charge in [-0.05, 0) is 41.8 Å². The molecule has 2 aromatic carbocycles. The number of benzene rings is 2. The monoisotopic (exact) mass is 358 g/mol. The van der Waals surface area contributed by atoms with Crippen LogP contribution < -0.4 is 10.6 Å². The summed E-state index contributed by atoms with van der Waals surface area (Å²) in [7, 11) is 0. The van der Waals surface area contributed by atoms with Crippen molar-refractivity contribution >= 4 is 34.5 Å². The van der Waals surface area contributed by atoms with Crippen molar-refractivity contribution in [3.63, 3.8) is 0 Å². The predicted molar refractivity (Wildman–Crippen MR) is 93.0 cm³/mol. The molecule has 0 unspecified atom stereocenters. The Balaban J connectivity index is 1.75. The smallest absolute Gasteiger partial charge is 0.265 e. The third kappa shape index (κ3) is 3.89. The molecule has 1 aromatic heterocycles. The van der Waals surface area contributed by atoms with E-state index in [1.165, 1.54) is 35.6 Å². The minimum Gasteiger partial charge on any atom is -0.321 e. The summed E-state index contributed by atoms with van der Waals surface area (Å²) in [6.45, 7) is 0. The Bertz CT molecular complexity index is 927. The lowest BCUT2D eigenvalue weighted by Crippen LogP contribution is -2.15. The number of carbonyl (C=O) groups excluding carboxylic acids is 2. The lowest BCUT2D eigenvalue weighted by atomic mass is 10.1. The van der Waals surface area contributed by atoms with Crippen LogP contribution in [-0.2, 0) is 0 Å². The first-order valence-corrected chi connectivity index (χ1v) is 8.13. The molecule has 3 aromatic rings. The maximum atomic E-state index is 13.6. The van der Waals surface area contributed by atoms with Gasteiger partial charge in [-0.25, -0.2) is 8.78 Å². The minimum absolute atomic E-state index is 0.202. The molecule has 0 saturated carbocycles. The summed E-state index contributed by atoms with van der Waals surface area (Å²) in [4.78, 5) is 24.8. The Kier molecular flexibility index (Phi) is 4.85. The van der Waals surface area contributed by atoms with Crippen LogP contribution in [-0.4, -0.2) is 11.8 Å². The molecule has 0 saturated heterocycles. The van der Waals surface area contributed by atoms with Crippen LogP contribution in [0.3, 0.4) is 0 Å². The van der Waals surface area contributed by atoms with E-state index in [1.54, 1.807) is 29.6 Å². The SMILES string of the molecule is O=C(Nc1cccc(F)c1F)c1cccc(NC(=O)c2cccs2)c1. The molecule has 0 bridgehead atoms. The average Bonchev–Trinajstić information content (AvgIpc) is 3.14. The number of nitrogens with one attached hydrogen (secondary N) is 2. The molecule has 1 heterocycles. The Labute approximate surface area is 146 Å². The molecule has 2 N–H and O–H groups in total. The molecular formula is C18H12F2N2O2S. The van der Waals surface area contributed by atoms with E-state index < -0.39 is 17.5 Å². The van der Waals surface area contributed by atoms with Crippen LogP contribution in [0.25, 0.3) is 0 Å². The van der Waals surface area contributed by atoms with E-state index in [4.69, 9.17) is 0 Å². The summed E-state index contributed by atoms with van der Waals surface area (Å²) in [6.07, 6.45) is 0. The van der Waals surface area contributed by atoms with Crippen molar-refractivity contribution in [2.24, 2.45) is 0 Å². The molecule has 3 rings (SSSR count). The van der Waals surface area contributed by atoms with Crippen molar-refractivity contribution < 1.29 is 18.4 Å². The lowest BCUT2D eigenvalue weighted by Gasteiger charge is -2.09. The molecule has 0 fully saturated rings. The molecular weight excluding hydrogens is 346 g/mol. The zero-order valence-electron chi connectivity index (χ0n) is 12.8. The van der Waals surface area contributed by atoms with E-state index >= 15 is 0 Å². The molecule has 126 valence electrons. The highest BCUT2D eigenvalue weighted by Crippen LogP contribution is 2.19. The van der Waals surface area contributed by atoms with Crippen LogP contribution in [0.4, 0.5) is 20.2 Å². The van der Waals surface area contributed by atoms with Crippen LogP contribution in [0.5, 0.6) is 0 Å². The fourth-order valence-corrected chi connectivity index (χ4v) is 2.75. The second-order valence-corrected chi connectivity index (χ2v) is 6.02. The number of rotatable bonds is 4. The zero-order valence-corrected chi connectivity index (χ0v) is 13.6. The Morgan fingerprint density at radius 3 is 2.44 bits per heavy atom. The summed E-state index contributed by atoms with van der Waals surface area (Å²) >= 11 is 1.30. The maximum absolute atomic E-state index is 13.6. The first-order chi connectivity index (χ1) is 12.0. The van der Waals surface area contributed by atoms with Gasteiger partial charge in [-0.3, -0.25) is 9.59 Å². The number of thiophene rings is 1. The van der Waals surface area contributed by atoms with Crippen LogP contribution in [0, 0.1) is 11.6 Å². The van der Waals surface area contributed by atoms with Gasteiger partial charge >= 0.3 is 0 Å². The normalized spacial score (nSPS) is 10.3. The molecule has 0 radical (unpaired) electrons. The fraction of sp³-hybridized carbons (Fsp3) is 0. The Morgan fingerprint density at radius 1 is 0.880 bits per heavy atom. The third-order valence-electron chi connectivity index (χ3n) is 3.33. The Morgan fingerprint density at radius 2 is 1.68 bits per heavy atom. The van der Waals surface area contributed by atoms with E-state index in [0.29, 0.717) is 10.6 Å². The van der Waals surface area contributed by atoms with Crippen molar-refractivity contribution in [2.75, 3.05) is 10.6 Å². The van der Waals surface area contributed by atoms with Crippen LogP contribution >= 0.6 is 11.3 Å². The molecule has 2 amide bonds. The quantitative estimate of drug-likeness (QED) is 0.720. The van der Waals surface area contributed by atoms with Crippen LogP contribution in [0.1, 0.15) is 20.0 Å². The largest absolute Gasteiger partial charge is 0.321 e. The summed E-state index contributed by atoms with van der Waals surface area (Å²) in [5, 5.41) is 6.78. The topological polar surface area (TPSA) is 58.2 Å². The van der Waals surface area contributed by atoms with Gasteiger partial charge in [-0.1, -0.05) is 18.2 Å². The number of hydrogen-bond donors (Lipinski definition) is 2. The molecule has 0 aliphatic carbocycles. The average molecular weight is 358 g/mol. The fourth-order valence-electron chi connectivity index (χ4n) is 2.13. The predicted octanol–water partition coefficient (Wildman–Crippen LogP) is 4.53. The highest BCUT2D eigenvalue weighted by atomic mass is 32.1.